The van der Waals surface area contributed by atoms with Gasteiger partial charge in [-0.1, -0.05) is 0 Å². The molecule has 10 heavy (non-hydrogen) atoms. The normalized spacial score (nSPS) is 20.5. The summed E-state index contributed by atoms with van der Waals surface area (Å²) in [6.07, 6.45) is 2.13. The standard InChI is InChI=1S/C6H11IN2O/c7-6(10)9-5-1-3-8-4-2-5/h5,8H,1-4H2,(H,9,10). The molecule has 1 aliphatic rings. The number of carbonyl (C=O) groups excluding carboxylic acids is 1. The molecule has 0 bridgehead atoms. The van der Waals surface area contributed by atoms with E-state index in [9.17, 15) is 4.79 Å². The Hall–Kier alpha value is 0.160. The second-order valence-corrected chi connectivity index (χ2v) is 3.42. The Kier molecular flexibility index (Phi) is 3.41. The van der Waals surface area contributed by atoms with Crippen molar-refractivity contribution >= 4 is 26.5 Å². The molecule has 0 atom stereocenters. The van der Waals surface area contributed by atoms with E-state index in [4.69, 9.17) is 0 Å². The molecule has 1 rings (SSSR count). The van der Waals surface area contributed by atoms with E-state index in [0.717, 1.165) is 25.9 Å². The van der Waals surface area contributed by atoms with Crippen molar-refractivity contribution in [3.63, 3.8) is 0 Å². The quantitative estimate of drug-likeness (QED) is 0.414. The van der Waals surface area contributed by atoms with Crippen molar-refractivity contribution in [2.45, 2.75) is 18.9 Å². The summed E-state index contributed by atoms with van der Waals surface area (Å²) >= 11 is 1.77. The third-order valence-electron chi connectivity index (χ3n) is 1.66. The van der Waals surface area contributed by atoms with Crippen molar-refractivity contribution in [1.82, 2.24) is 10.6 Å². The summed E-state index contributed by atoms with van der Waals surface area (Å²) in [6, 6.07) is 0.408. The average Bonchev–Trinajstić information content (AvgIpc) is 1.88. The van der Waals surface area contributed by atoms with E-state index in [-0.39, 0.29) is 3.91 Å². The monoisotopic (exact) mass is 254 g/mol. The van der Waals surface area contributed by atoms with Crippen molar-refractivity contribution in [2.75, 3.05) is 13.1 Å². The van der Waals surface area contributed by atoms with Crippen molar-refractivity contribution in [1.29, 1.82) is 0 Å². The molecule has 1 fully saturated rings. The molecule has 1 heterocycles. The summed E-state index contributed by atoms with van der Waals surface area (Å²) in [5, 5.41) is 6.12. The van der Waals surface area contributed by atoms with Crippen LogP contribution in [0.15, 0.2) is 0 Å². The van der Waals surface area contributed by atoms with Crippen LogP contribution < -0.4 is 10.6 Å². The molecular weight excluding hydrogens is 243 g/mol. The summed E-state index contributed by atoms with van der Waals surface area (Å²) in [5.41, 5.74) is 0. The highest BCUT2D eigenvalue weighted by atomic mass is 127. The molecule has 2 N–H and O–H groups in total. The maximum Gasteiger partial charge on any atom is 0.280 e. The van der Waals surface area contributed by atoms with Gasteiger partial charge < -0.3 is 10.6 Å². The van der Waals surface area contributed by atoms with E-state index in [2.05, 4.69) is 10.6 Å². The number of rotatable bonds is 1. The molecule has 1 amide bonds. The zero-order valence-electron chi connectivity index (χ0n) is 5.69. The number of piperidine rings is 1. The fourth-order valence-corrected chi connectivity index (χ4v) is 1.57. The molecule has 0 saturated carbocycles. The average molecular weight is 254 g/mol. The van der Waals surface area contributed by atoms with Gasteiger partial charge in [-0.15, -0.1) is 0 Å². The minimum atomic E-state index is 0.0597. The predicted octanol–water partition coefficient (Wildman–Crippen LogP) is 0.883. The van der Waals surface area contributed by atoms with Gasteiger partial charge in [0.15, 0.2) is 0 Å². The Labute approximate surface area is 74.1 Å². The van der Waals surface area contributed by atoms with Crippen LogP contribution >= 0.6 is 22.6 Å². The van der Waals surface area contributed by atoms with Crippen LogP contribution in [0.5, 0.6) is 0 Å². The minimum Gasteiger partial charge on any atom is -0.345 e. The largest absolute Gasteiger partial charge is 0.345 e. The second kappa shape index (κ2) is 4.12. The van der Waals surface area contributed by atoms with Crippen LogP contribution in [0.3, 0.4) is 0 Å². The molecule has 0 aromatic heterocycles. The van der Waals surface area contributed by atoms with Gasteiger partial charge in [0, 0.05) is 28.6 Å². The minimum absolute atomic E-state index is 0.0597. The SMILES string of the molecule is O=C(I)NC1CCNCC1. The topological polar surface area (TPSA) is 41.1 Å². The van der Waals surface area contributed by atoms with Gasteiger partial charge in [-0.05, 0) is 25.9 Å². The fourth-order valence-electron chi connectivity index (χ4n) is 1.13. The molecule has 58 valence electrons. The molecular formula is C6H11IN2O. The summed E-state index contributed by atoms with van der Waals surface area (Å²) in [5.74, 6) is 0. The Morgan fingerprint density at radius 1 is 1.50 bits per heavy atom. The van der Waals surface area contributed by atoms with Crippen molar-refractivity contribution < 1.29 is 4.79 Å². The molecule has 0 radical (unpaired) electrons. The van der Waals surface area contributed by atoms with Gasteiger partial charge >= 0.3 is 0 Å². The van der Waals surface area contributed by atoms with Crippen LogP contribution in [0.4, 0.5) is 4.79 Å². The molecule has 0 unspecified atom stereocenters. The van der Waals surface area contributed by atoms with Gasteiger partial charge in [0.2, 0.25) is 0 Å². The Morgan fingerprint density at radius 3 is 2.60 bits per heavy atom. The highest BCUT2D eigenvalue weighted by molar-refractivity contribution is 14.1. The van der Waals surface area contributed by atoms with Crippen LogP contribution in [-0.2, 0) is 0 Å². The lowest BCUT2D eigenvalue weighted by Gasteiger charge is -2.22. The first kappa shape index (κ1) is 8.26. The van der Waals surface area contributed by atoms with Crippen LogP contribution in [0.2, 0.25) is 0 Å². The summed E-state index contributed by atoms with van der Waals surface area (Å²) in [7, 11) is 0. The van der Waals surface area contributed by atoms with E-state index in [1.807, 2.05) is 0 Å². The lowest BCUT2D eigenvalue weighted by atomic mass is 10.1. The first-order chi connectivity index (χ1) is 4.79. The predicted molar refractivity (Wildman–Crippen MR) is 48.4 cm³/mol. The molecule has 0 aromatic carbocycles. The van der Waals surface area contributed by atoms with E-state index in [1.54, 1.807) is 22.6 Å². The number of halogens is 1. The van der Waals surface area contributed by atoms with E-state index >= 15 is 0 Å². The molecule has 4 heteroatoms. The van der Waals surface area contributed by atoms with E-state index in [1.165, 1.54) is 0 Å². The Morgan fingerprint density at radius 2 is 2.10 bits per heavy atom. The number of carbonyl (C=O) groups is 1. The Balaban J connectivity index is 2.19. The number of hydrogen-bond donors (Lipinski definition) is 2. The fraction of sp³-hybridized carbons (Fsp3) is 0.833. The van der Waals surface area contributed by atoms with Crippen LogP contribution in [0.1, 0.15) is 12.8 Å². The maximum absolute atomic E-state index is 10.6. The highest BCUT2D eigenvalue weighted by Gasteiger charge is 2.12. The number of amides is 1. The number of nitrogens with one attached hydrogen (secondary N) is 2. The van der Waals surface area contributed by atoms with Gasteiger partial charge in [0.05, 0.1) is 0 Å². The molecule has 0 spiro atoms. The van der Waals surface area contributed by atoms with Crippen LogP contribution in [0, 0.1) is 0 Å². The summed E-state index contributed by atoms with van der Waals surface area (Å²) in [6.45, 7) is 2.06. The molecule has 0 aliphatic carbocycles. The van der Waals surface area contributed by atoms with E-state index in [0.29, 0.717) is 6.04 Å². The summed E-state index contributed by atoms with van der Waals surface area (Å²) in [4.78, 5) is 10.6. The first-order valence-electron chi connectivity index (χ1n) is 3.46. The van der Waals surface area contributed by atoms with Crippen molar-refractivity contribution in [2.24, 2.45) is 0 Å². The third kappa shape index (κ3) is 2.83. The zero-order valence-corrected chi connectivity index (χ0v) is 7.85. The third-order valence-corrected chi connectivity index (χ3v) is 1.97. The highest BCUT2D eigenvalue weighted by Crippen LogP contribution is 2.02. The van der Waals surface area contributed by atoms with Gasteiger partial charge in [0.1, 0.15) is 0 Å². The molecule has 1 aliphatic heterocycles. The first-order valence-corrected chi connectivity index (χ1v) is 4.53. The second-order valence-electron chi connectivity index (χ2n) is 2.44. The molecule has 0 aromatic rings. The van der Waals surface area contributed by atoms with Crippen molar-refractivity contribution in [3.05, 3.63) is 0 Å². The van der Waals surface area contributed by atoms with Gasteiger partial charge in [-0.25, -0.2) is 0 Å². The van der Waals surface area contributed by atoms with E-state index < -0.39 is 0 Å². The maximum atomic E-state index is 10.6. The molecule has 3 nitrogen and oxygen atoms in total. The zero-order chi connectivity index (χ0) is 7.40. The lowest BCUT2D eigenvalue weighted by Crippen LogP contribution is -2.40. The smallest absolute Gasteiger partial charge is 0.280 e. The van der Waals surface area contributed by atoms with Gasteiger partial charge in [0.25, 0.3) is 3.91 Å². The van der Waals surface area contributed by atoms with Gasteiger partial charge in [-0.3, -0.25) is 4.79 Å². The van der Waals surface area contributed by atoms with Gasteiger partial charge in [-0.2, -0.15) is 0 Å². The van der Waals surface area contributed by atoms with Crippen LogP contribution in [-0.4, -0.2) is 23.0 Å². The van der Waals surface area contributed by atoms with Crippen molar-refractivity contribution in [3.8, 4) is 0 Å². The number of hydrogen-bond acceptors (Lipinski definition) is 2. The lowest BCUT2D eigenvalue weighted by molar-refractivity contribution is 0.256. The Bertz CT molecular complexity index is 123. The van der Waals surface area contributed by atoms with Crippen LogP contribution in [0.25, 0.3) is 0 Å². The summed E-state index contributed by atoms with van der Waals surface area (Å²) < 4.78 is 0.0597. The molecule has 1 saturated heterocycles.